The largest absolute Gasteiger partial charge is 0.391 e. The molecule has 9 nitrogen and oxygen atoms in total. The lowest BCUT2D eigenvalue weighted by atomic mass is 10.1. The number of benzene rings is 1. The molecule has 1 aromatic carbocycles. The molecule has 0 saturated carbocycles. The van der Waals surface area contributed by atoms with Gasteiger partial charge in [-0.25, -0.2) is 4.98 Å². The Kier molecular flexibility index (Phi) is 4.36. The highest BCUT2D eigenvalue weighted by atomic mass is 79.9. The van der Waals surface area contributed by atoms with Gasteiger partial charge in [-0.15, -0.1) is 0 Å². The second-order valence-electron chi connectivity index (χ2n) is 6.87. The predicted octanol–water partition coefficient (Wildman–Crippen LogP) is 2.34. The van der Waals surface area contributed by atoms with Gasteiger partial charge in [0.15, 0.2) is 5.65 Å². The van der Waals surface area contributed by atoms with E-state index in [-0.39, 0.29) is 6.10 Å². The van der Waals surface area contributed by atoms with E-state index in [2.05, 4.69) is 46.3 Å². The van der Waals surface area contributed by atoms with Crippen molar-refractivity contribution < 1.29 is 5.11 Å². The zero-order valence-electron chi connectivity index (χ0n) is 15.0. The maximum absolute atomic E-state index is 10.0. The number of aliphatic hydroxyl groups excluding tert-OH is 1. The number of nitrogens with zero attached hydrogens (tertiary/aromatic N) is 6. The molecule has 1 unspecified atom stereocenters. The summed E-state index contributed by atoms with van der Waals surface area (Å²) >= 11 is 3.50. The number of hydrogen-bond acceptors (Lipinski definition) is 7. The quantitative estimate of drug-likeness (QED) is 0.445. The zero-order valence-corrected chi connectivity index (χ0v) is 16.6. The van der Waals surface area contributed by atoms with Crippen LogP contribution in [0.25, 0.3) is 16.7 Å². The summed E-state index contributed by atoms with van der Waals surface area (Å²) in [6.07, 6.45) is 3.07. The van der Waals surface area contributed by atoms with E-state index in [1.807, 2.05) is 29.2 Å². The van der Waals surface area contributed by atoms with Gasteiger partial charge < -0.3 is 20.3 Å². The van der Waals surface area contributed by atoms with Crippen LogP contribution in [0, 0.1) is 0 Å². The van der Waals surface area contributed by atoms with Crippen molar-refractivity contribution in [3.05, 3.63) is 40.8 Å². The number of aromatic nitrogens is 6. The summed E-state index contributed by atoms with van der Waals surface area (Å²) in [6.45, 7) is 1.83. The Morgan fingerprint density at radius 2 is 2.14 bits per heavy atom. The SMILES string of the molecule is OC1CCCN(c2nc(NCc3nc4ccccc4[nH]3)n3ncc(Br)c3n2)C1. The lowest BCUT2D eigenvalue weighted by Crippen LogP contribution is -2.39. The Morgan fingerprint density at radius 1 is 1.25 bits per heavy atom. The molecule has 10 heteroatoms. The van der Waals surface area contributed by atoms with Crippen molar-refractivity contribution in [3.8, 4) is 0 Å². The summed E-state index contributed by atoms with van der Waals surface area (Å²) in [6, 6.07) is 7.92. The van der Waals surface area contributed by atoms with Crippen LogP contribution in [0.4, 0.5) is 11.9 Å². The molecular weight excluding hydrogens is 424 g/mol. The lowest BCUT2D eigenvalue weighted by molar-refractivity contribution is 0.153. The number of piperidine rings is 1. The average Bonchev–Trinajstić information content (AvgIpc) is 3.29. The number of para-hydroxylation sites is 2. The topological polar surface area (TPSA) is 107 Å². The minimum Gasteiger partial charge on any atom is -0.391 e. The summed E-state index contributed by atoms with van der Waals surface area (Å²) < 4.78 is 2.46. The van der Waals surface area contributed by atoms with E-state index in [0.717, 1.165) is 40.7 Å². The van der Waals surface area contributed by atoms with Crippen LogP contribution in [-0.4, -0.2) is 53.9 Å². The second-order valence-corrected chi connectivity index (χ2v) is 7.73. The van der Waals surface area contributed by atoms with E-state index in [4.69, 9.17) is 0 Å². The predicted molar refractivity (Wildman–Crippen MR) is 109 cm³/mol. The third-order valence-corrected chi connectivity index (χ3v) is 5.40. The maximum atomic E-state index is 10.0. The van der Waals surface area contributed by atoms with E-state index >= 15 is 0 Å². The molecule has 144 valence electrons. The Hall–Kier alpha value is -2.72. The molecule has 4 heterocycles. The number of rotatable bonds is 4. The van der Waals surface area contributed by atoms with Gasteiger partial charge in [-0.2, -0.15) is 19.6 Å². The fourth-order valence-electron chi connectivity index (χ4n) is 3.48. The Morgan fingerprint density at radius 3 is 3.00 bits per heavy atom. The van der Waals surface area contributed by atoms with Crippen molar-refractivity contribution in [3.63, 3.8) is 0 Å². The van der Waals surface area contributed by atoms with E-state index in [0.29, 0.717) is 30.6 Å². The number of H-pyrrole nitrogens is 1. The van der Waals surface area contributed by atoms with Crippen LogP contribution in [0.3, 0.4) is 0 Å². The number of nitrogens with one attached hydrogen (secondary N) is 2. The number of imidazole rings is 1. The van der Waals surface area contributed by atoms with Crippen LogP contribution in [0.2, 0.25) is 0 Å². The molecule has 3 N–H and O–H groups in total. The Balaban J connectivity index is 1.47. The van der Waals surface area contributed by atoms with Gasteiger partial charge in [0.05, 0.1) is 34.4 Å². The van der Waals surface area contributed by atoms with Gasteiger partial charge in [0.1, 0.15) is 5.82 Å². The molecule has 1 atom stereocenters. The summed E-state index contributed by atoms with van der Waals surface area (Å²) in [4.78, 5) is 19.2. The van der Waals surface area contributed by atoms with Gasteiger partial charge in [0.25, 0.3) is 0 Å². The van der Waals surface area contributed by atoms with Gasteiger partial charge in [-0.05, 0) is 40.9 Å². The summed E-state index contributed by atoms with van der Waals surface area (Å²) in [5.41, 5.74) is 2.60. The normalized spacial score (nSPS) is 17.5. The molecule has 3 aromatic heterocycles. The van der Waals surface area contributed by atoms with Crippen LogP contribution in [-0.2, 0) is 6.54 Å². The molecule has 0 bridgehead atoms. The van der Waals surface area contributed by atoms with Crippen LogP contribution in [0.5, 0.6) is 0 Å². The van der Waals surface area contributed by atoms with E-state index in [1.54, 1.807) is 10.7 Å². The van der Waals surface area contributed by atoms with Gasteiger partial charge in [-0.3, -0.25) is 0 Å². The Bertz CT molecular complexity index is 1110. The number of anilines is 2. The summed E-state index contributed by atoms with van der Waals surface area (Å²) in [5, 5.41) is 17.7. The third kappa shape index (κ3) is 3.18. The van der Waals surface area contributed by atoms with Crippen molar-refractivity contribution in [2.75, 3.05) is 23.3 Å². The van der Waals surface area contributed by atoms with Gasteiger partial charge in [0.2, 0.25) is 11.9 Å². The summed E-state index contributed by atoms with van der Waals surface area (Å²) in [5.74, 6) is 1.97. The highest BCUT2D eigenvalue weighted by Gasteiger charge is 2.22. The van der Waals surface area contributed by atoms with Crippen LogP contribution >= 0.6 is 15.9 Å². The zero-order chi connectivity index (χ0) is 19.1. The number of hydrogen-bond donors (Lipinski definition) is 3. The number of halogens is 1. The minimum absolute atomic E-state index is 0.353. The molecule has 28 heavy (non-hydrogen) atoms. The first-order valence-corrected chi connectivity index (χ1v) is 9.98. The molecule has 0 aliphatic carbocycles. The monoisotopic (exact) mass is 442 g/mol. The van der Waals surface area contributed by atoms with Gasteiger partial charge >= 0.3 is 0 Å². The Labute approximate surface area is 168 Å². The van der Waals surface area contributed by atoms with E-state index in [9.17, 15) is 5.11 Å². The van der Waals surface area contributed by atoms with Gasteiger partial charge in [-0.1, -0.05) is 12.1 Å². The molecule has 0 radical (unpaired) electrons. The summed E-state index contributed by atoms with van der Waals surface area (Å²) in [7, 11) is 0. The van der Waals surface area contributed by atoms with Crippen LogP contribution in [0.15, 0.2) is 34.9 Å². The first kappa shape index (κ1) is 17.4. The molecule has 0 amide bonds. The standard InChI is InChI=1S/C18H19BrN8O/c19-12-8-21-27-16(12)24-18(26-7-3-4-11(28)10-26)25-17(27)20-9-15-22-13-5-1-2-6-14(13)23-15/h1-2,5-6,8,11,28H,3-4,7,9-10H2,(H,22,23)(H,20,24,25). The fraction of sp³-hybridized carbons (Fsp3) is 0.333. The second kappa shape index (κ2) is 7.02. The highest BCUT2D eigenvalue weighted by Crippen LogP contribution is 2.24. The molecular formula is C18H19BrN8O. The van der Waals surface area contributed by atoms with Crippen molar-refractivity contribution >= 4 is 44.5 Å². The third-order valence-electron chi connectivity index (χ3n) is 4.84. The average molecular weight is 443 g/mol. The molecule has 1 saturated heterocycles. The molecule has 0 spiro atoms. The number of fused-ring (bicyclic) bond motifs is 2. The smallest absolute Gasteiger partial charge is 0.230 e. The fourth-order valence-corrected chi connectivity index (χ4v) is 3.83. The van der Waals surface area contributed by atoms with Gasteiger partial charge in [0, 0.05) is 13.1 Å². The van der Waals surface area contributed by atoms with Crippen LogP contribution in [0.1, 0.15) is 18.7 Å². The first-order valence-electron chi connectivity index (χ1n) is 9.19. The molecule has 5 rings (SSSR count). The van der Waals surface area contributed by atoms with Crippen LogP contribution < -0.4 is 10.2 Å². The number of β-amino-alcohol motifs (C(OH)–C–C–N with tert-alkyl or cyclic N) is 1. The molecule has 1 aliphatic rings. The first-order chi connectivity index (χ1) is 13.7. The van der Waals surface area contributed by atoms with Crippen molar-refractivity contribution in [2.45, 2.75) is 25.5 Å². The number of aliphatic hydroxyl groups is 1. The van der Waals surface area contributed by atoms with Crippen molar-refractivity contribution in [1.29, 1.82) is 0 Å². The number of aromatic amines is 1. The highest BCUT2D eigenvalue weighted by molar-refractivity contribution is 9.10. The van der Waals surface area contributed by atoms with E-state index in [1.165, 1.54) is 0 Å². The van der Waals surface area contributed by atoms with Crippen molar-refractivity contribution in [2.24, 2.45) is 0 Å². The maximum Gasteiger partial charge on any atom is 0.230 e. The molecule has 1 aliphatic heterocycles. The minimum atomic E-state index is -0.353. The molecule has 4 aromatic rings. The molecule has 1 fully saturated rings. The van der Waals surface area contributed by atoms with E-state index < -0.39 is 0 Å². The lowest BCUT2D eigenvalue weighted by Gasteiger charge is -2.30. The van der Waals surface area contributed by atoms with Crippen molar-refractivity contribution in [1.82, 2.24) is 29.5 Å².